The molecule has 4 nitrogen and oxygen atoms in total. The molecular weight excluding hydrogens is 348 g/mol. The predicted octanol–water partition coefficient (Wildman–Crippen LogP) is 3.63. The van der Waals surface area contributed by atoms with E-state index >= 15 is 0 Å². The van der Waals surface area contributed by atoms with Crippen LogP contribution in [0.1, 0.15) is 23.1 Å². The zero-order valence-electron chi connectivity index (χ0n) is 16.9. The van der Waals surface area contributed by atoms with Crippen molar-refractivity contribution < 1.29 is 9.84 Å². The van der Waals surface area contributed by atoms with Crippen LogP contribution in [0.5, 0.6) is 5.75 Å². The molecule has 1 atom stereocenters. The second kappa shape index (κ2) is 10.4. The van der Waals surface area contributed by atoms with Crippen LogP contribution in [0.3, 0.4) is 0 Å². The molecule has 1 heterocycles. The van der Waals surface area contributed by atoms with E-state index in [4.69, 9.17) is 4.74 Å². The number of piperazine rings is 1. The van der Waals surface area contributed by atoms with E-state index in [-0.39, 0.29) is 6.61 Å². The normalized spacial score (nSPS) is 18.1. The van der Waals surface area contributed by atoms with Gasteiger partial charge in [-0.3, -0.25) is 9.80 Å². The molecule has 1 aliphatic heterocycles. The minimum Gasteiger partial charge on any atom is -0.489 e. The number of aliphatic hydroxyl groups is 1. The van der Waals surface area contributed by atoms with Crippen molar-refractivity contribution in [3.05, 3.63) is 77.9 Å². The standard InChI is InChI=1S/C24H32N2O2/c1-3-16-28-24-11-7-6-10-22(24)17-25-13-14-26(23(19-25)12-15-27)18-21-9-5-4-8-20(21)2/h3-11,23,27H,1,12-19H2,2H3. The van der Waals surface area contributed by atoms with Crippen molar-refractivity contribution in [2.24, 2.45) is 0 Å². The van der Waals surface area contributed by atoms with E-state index in [2.05, 4.69) is 59.7 Å². The van der Waals surface area contributed by atoms with Crippen molar-refractivity contribution in [2.45, 2.75) is 32.5 Å². The van der Waals surface area contributed by atoms with Crippen LogP contribution in [0.2, 0.25) is 0 Å². The molecule has 2 aromatic rings. The summed E-state index contributed by atoms with van der Waals surface area (Å²) in [7, 11) is 0. The zero-order chi connectivity index (χ0) is 19.8. The van der Waals surface area contributed by atoms with Crippen LogP contribution >= 0.6 is 0 Å². The second-order valence-corrected chi connectivity index (χ2v) is 7.51. The molecule has 3 rings (SSSR count). The van der Waals surface area contributed by atoms with Crippen LogP contribution in [-0.2, 0) is 13.1 Å². The first-order chi connectivity index (χ1) is 13.7. The van der Waals surface area contributed by atoms with Crippen molar-refractivity contribution in [1.82, 2.24) is 9.80 Å². The summed E-state index contributed by atoms with van der Waals surface area (Å²) in [5.41, 5.74) is 3.92. The number of ether oxygens (including phenoxy) is 1. The van der Waals surface area contributed by atoms with Gasteiger partial charge in [0.25, 0.3) is 0 Å². The number of aliphatic hydroxyl groups excluding tert-OH is 1. The summed E-state index contributed by atoms with van der Waals surface area (Å²) in [5.74, 6) is 0.934. The van der Waals surface area contributed by atoms with Crippen LogP contribution in [0.25, 0.3) is 0 Å². The second-order valence-electron chi connectivity index (χ2n) is 7.51. The third-order valence-corrected chi connectivity index (χ3v) is 5.51. The van der Waals surface area contributed by atoms with E-state index in [0.717, 1.165) is 44.9 Å². The maximum absolute atomic E-state index is 9.60. The van der Waals surface area contributed by atoms with Gasteiger partial charge in [0.1, 0.15) is 12.4 Å². The Bertz CT molecular complexity index is 762. The number of nitrogens with zero attached hydrogens (tertiary/aromatic N) is 2. The number of para-hydroxylation sites is 1. The first kappa shape index (κ1) is 20.6. The lowest BCUT2D eigenvalue weighted by Gasteiger charge is -2.41. The molecule has 1 fully saturated rings. The SMILES string of the molecule is C=CCOc1ccccc1CN1CCN(Cc2ccccc2C)C(CCO)C1. The van der Waals surface area contributed by atoms with Gasteiger partial charge in [0.15, 0.2) is 0 Å². The maximum Gasteiger partial charge on any atom is 0.124 e. The quantitative estimate of drug-likeness (QED) is 0.674. The number of rotatable bonds is 9. The monoisotopic (exact) mass is 380 g/mol. The highest BCUT2D eigenvalue weighted by molar-refractivity contribution is 5.33. The molecule has 2 aromatic carbocycles. The molecule has 0 radical (unpaired) electrons. The van der Waals surface area contributed by atoms with E-state index < -0.39 is 0 Å². The molecule has 0 aliphatic carbocycles. The molecule has 1 N–H and O–H groups in total. The van der Waals surface area contributed by atoms with Gasteiger partial charge in [-0.05, 0) is 30.5 Å². The Hall–Kier alpha value is -2.14. The van der Waals surface area contributed by atoms with Crippen molar-refractivity contribution >= 4 is 0 Å². The van der Waals surface area contributed by atoms with E-state index in [9.17, 15) is 5.11 Å². The molecule has 28 heavy (non-hydrogen) atoms. The summed E-state index contributed by atoms with van der Waals surface area (Å²) in [5, 5.41) is 9.60. The molecule has 0 spiro atoms. The van der Waals surface area contributed by atoms with Crippen LogP contribution in [-0.4, -0.2) is 53.8 Å². The van der Waals surface area contributed by atoms with Gasteiger partial charge < -0.3 is 9.84 Å². The molecule has 0 saturated carbocycles. The van der Waals surface area contributed by atoms with Gasteiger partial charge in [-0.1, -0.05) is 55.1 Å². The summed E-state index contributed by atoms with van der Waals surface area (Å²) < 4.78 is 5.82. The summed E-state index contributed by atoms with van der Waals surface area (Å²) in [4.78, 5) is 5.00. The Kier molecular flexibility index (Phi) is 7.66. The predicted molar refractivity (Wildman–Crippen MR) is 114 cm³/mol. The van der Waals surface area contributed by atoms with Crippen molar-refractivity contribution in [1.29, 1.82) is 0 Å². The summed E-state index contributed by atoms with van der Waals surface area (Å²) in [6, 6.07) is 17.2. The lowest BCUT2D eigenvalue weighted by molar-refractivity contribution is 0.0495. The molecule has 0 bridgehead atoms. The average molecular weight is 381 g/mol. The maximum atomic E-state index is 9.60. The van der Waals surface area contributed by atoms with Gasteiger partial charge in [0.2, 0.25) is 0 Å². The van der Waals surface area contributed by atoms with E-state index in [1.165, 1.54) is 16.7 Å². The number of hydrogen-bond acceptors (Lipinski definition) is 4. The fourth-order valence-corrected chi connectivity index (χ4v) is 3.90. The largest absolute Gasteiger partial charge is 0.489 e. The van der Waals surface area contributed by atoms with Gasteiger partial charge in [0.05, 0.1) is 0 Å². The van der Waals surface area contributed by atoms with Gasteiger partial charge in [-0.15, -0.1) is 0 Å². The van der Waals surface area contributed by atoms with Crippen molar-refractivity contribution in [2.75, 3.05) is 32.8 Å². The minimum atomic E-state index is 0.224. The van der Waals surface area contributed by atoms with Gasteiger partial charge >= 0.3 is 0 Å². The third kappa shape index (κ3) is 5.44. The first-order valence-electron chi connectivity index (χ1n) is 10.1. The van der Waals surface area contributed by atoms with Gasteiger partial charge in [-0.25, -0.2) is 0 Å². The fraction of sp³-hybridized carbons (Fsp3) is 0.417. The molecule has 4 heteroatoms. The summed E-state index contributed by atoms with van der Waals surface area (Å²) in [6.07, 6.45) is 2.58. The Morgan fingerprint density at radius 1 is 1.07 bits per heavy atom. The molecule has 0 amide bonds. The van der Waals surface area contributed by atoms with Gasteiger partial charge in [0, 0.05) is 50.9 Å². The highest BCUT2D eigenvalue weighted by atomic mass is 16.5. The van der Waals surface area contributed by atoms with Crippen LogP contribution < -0.4 is 4.74 Å². The third-order valence-electron chi connectivity index (χ3n) is 5.51. The van der Waals surface area contributed by atoms with E-state index in [0.29, 0.717) is 12.6 Å². The Morgan fingerprint density at radius 2 is 1.82 bits per heavy atom. The van der Waals surface area contributed by atoms with Crippen molar-refractivity contribution in [3.63, 3.8) is 0 Å². The fourth-order valence-electron chi connectivity index (χ4n) is 3.90. The van der Waals surface area contributed by atoms with E-state index in [1.807, 2.05) is 12.1 Å². The number of aryl methyl sites for hydroxylation is 1. The number of hydrogen-bond donors (Lipinski definition) is 1. The molecule has 0 aromatic heterocycles. The highest BCUT2D eigenvalue weighted by Crippen LogP contribution is 2.23. The first-order valence-corrected chi connectivity index (χ1v) is 10.1. The molecule has 1 unspecified atom stereocenters. The van der Waals surface area contributed by atoms with Crippen LogP contribution in [0.4, 0.5) is 0 Å². The minimum absolute atomic E-state index is 0.224. The van der Waals surface area contributed by atoms with Crippen LogP contribution in [0, 0.1) is 6.92 Å². The Balaban J connectivity index is 1.66. The Morgan fingerprint density at radius 3 is 2.57 bits per heavy atom. The van der Waals surface area contributed by atoms with E-state index in [1.54, 1.807) is 6.08 Å². The topological polar surface area (TPSA) is 35.9 Å². The smallest absolute Gasteiger partial charge is 0.124 e. The molecule has 1 saturated heterocycles. The molecule has 1 aliphatic rings. The summed E-state index contributed by atoms with van der Waals surface area (Å²) in [6.45, 7) is 11.5. The molecule has 150 valence electrons. The number of benzene rings is 2. The highest BCUT2D eigenvalue weighted by Gasteiger charge is 2.27. The van der Waals surface area contributed by atoms with Crippen molar-refractivity contribution in [3.8, 4) is 5.75 Å². The molecular formula is C24H32N2O2. The average Bonchev–Trinajstić information content (AvgIpc) is 2.71. The lowest BCUT2D eigenvalue weighted by Crippen LogP contribution is -2.52. The summed E-state index contributed by atoms with van der Waals surface area (Å²) >= 11 is 0. The van der Waals surface area contributed by atoms with Crippen LogP contribution in [0.15, 0.2) is 61.2 Å². The lowest BCUT2D eigenvalue weighted by atomic mass is 10.0. The van der Waals surface area contributed by atoms with Gasteiger partial charge in [-0.2, -0.15) is 0 Å². The zero-order valence-corrected chi connectivity index (χ0v) is 16.9. The Labute approximate surface area is 169 Å².